The third kappa shape index (κ3) is 2.86. The van der Waals surface area contributed by atoms with Gasteiger partial charge in [0.2, 0.25) is 0 Å². The van der Waals surface area contributed by atoms with Gasteiger partial charge in [-0.05, 0) is 19.3 Å². The molecule has 0 amide bonds. The summed E-state index contributed by atoms with van der Waals surface area (Å²) >= 11 is 0. The van der Waals surface area contributed by atoms with Gasteiger partial charge in [0.25, 0.3) is 0 Å². The zero-order valence-electron chi connectivity index (χ0n) is 11.8. The molecule has 1 aromatic heterocycles. The van der Waals surface area contributed by atoms with Crippen molar-refractivity contribution in [2.45, 2.75) is 31.8 Å². The number of rotatable bonds is 1. The lowest BCUT2D eigenvalue weighted by atomic mass is 10.0. The van der Waals surface area contributed by atoms with Crippen LogP contribution in [0.15, 0.2) is 6.33 Å². The predicted molar refractivity (Wildman–Crippen MR) is 84.2 cm³/mol. The minimum absolute atomic E-state index is 0. The Kier molecular flexibility index (Phi) is 5.61. The highest BCUT2D eigenvalue weighted by Crippen LogP contribution is 2.46. The summed E-state index contributed by atoms with van der Waals surface area (Å²) in [6, 6.07) is 0. The molecule has 0 spiro atoms. The fourth-order valence-corrected chi connectivity index (χ4v) is 3.19. The maximum Gasteiger partial charge on any atom is 0.135 e. The van der Waals surface area contributed by atoms with E-state index in [9.17, 15) is 5.11 Å². The first-order chi connectivity index (χ1) is 8.59. The Labute approximate surface area is 132 Å². The van der Waals surface area contributed by atoms with Gasteiger partial charge in [0.15, 0.2) is 0 Å². The van der Waals surface area contributed by atoms with Gasteiger partial charge in [-0.3, -0.25) is 0 Å². The summed E-state index contributed by atoms with van der Waals surface area (Å²) in [5.74, 6) is 1.34. The fraction of sp³-hybridized carbons (Fsp3) is 0.692. The quantitative estimate of drug-likeness (QED) is 0.820. The number of aromatic nitrogens is 2. The van der Waals surface area contributed by atoms with E-state index in [0.717, 1.165) is 49.7 Å². The van der Waals surface area contributed by atoms with Crippen LogP contribution in [-0.4, -0.2) is 41.3 Å². The maximum atomic E-state index is 10.4. The molecule has 0 radical (unpaired) electrons. The third-order valence-corrected chi connectivity index (χ3v) is 3.99. The second kappa shape index (κ2) is 6.43. The molecule has 2 N–H and O–H groups in total. The second-order valence-electron chi connectivity index (χ2n) is 5.58. The van der Waals surface area contributed by atoms with Crippen LogP contribution < -0.4 is 10.2 Å². The number of nitrogens with zero attached hydrogens (tertiary/aromatic N) is 3. The van der Waals surface area contributed by atoms with Crippen molar-refractivity contribution in [3.05, 3.63) is 17.6 Å². The largest absolute Gasteiger partial charge is 0.384 e. The molecule has 1 saturated heterocycles. The highest BCUT2D eigenvalue weighted by Gasteiger charge is 2.41. The van der Waals surface area contributed by atoms with Gasteiger partial charge in [0, 0.05) is 31.7 Å². The first-order valence-corrected chi connectivity index (χ1v) is 6.63. The normalized spacial score (nSPS) is 28.4. The summed E-state index contributed by atoms with van der Waals surface area (Å²) < 4.78 is 0. The molecule has 1 aromatic rings. The molecule has 5 nitrogen and oxygen atoms in total. The predicted octanol–water partition coefficient (Wildman–Crippen LogP) is 1.44. The molecule has 114 valence electrons. The number of fused-ring (bicyclic) bond motifs is 1. The van der Waals surface area contributed by atoms with Gasteiger partial charge in [-0.25, -0.2) is 9.97 Å². The van der Waals surface area contributed by atoms with Gasteiger partial charge < -0.3 is 15.3 Å². The van der Waals surface area contributed by atoms with E-state index in [1.54, 1.807) is 6.33 Å². The van der Waals surface area contributed by atoms with Crippen molar-refractivity contribution >= 4 is 30.6 Å². The van der Waals surface area contributed by atoms with Crippen LogP contribution in [0, 0.1) is 0 Å². The van der Waals surface area contributed by atoms with Crippen LogP contribution in [0.5, 0.6) is 0 Å². The molecule has 1 aliphatic heterocycles. The lowest BCUT2D eigenvalue weighted by Crippen LogP contribution is -2.44. The molecular weight excluding hydrogens is 299 g/mol. The Morgan fingerprint density at radius 1 is 1.30 bits per heavy atom. The van der Waals surface area contributed by atoms with Crippen LogP contribution in [0.25, 0.3) is 0 Å². The van der Waals surface area contributed by atoms with E-state index in [-0.39, 0.29) is 24.8 Å². The first kappa shape index (κ1) is 17.4. The zero-order valence-corrected chi connectivity index (χ0v) is 13.4. The molecule has 7 heteroatoms. The number of hydrogen-bond acceptors (Lipinski definition) is 5. The van der Waals surface area contributed by atoms with Crippen molar-refractivity contribution in [2.75, 3.05) is 31.1 Å². The summed E-state index contributed by atoms with van der Waals surface area (Å²) in [5, 5.41) is 13.8. The van der Waals surface area contributed by atoms with Crippen molar-refractivity contribution in [3.8, 4) is 0 Å². The average molecular weight is 321 g/mol. The van der Waals surface area contributed by atoms with E-state index >= 15 is 0 Å². The lowest BCUT2D eigenvalue weighted by molar-refractivity contribution is 0.0511. The summed E-state index contributed by atoms with van der Waals surface area (Å²) in [6.45, 7) is 7.92. The number of anilines is 1. The van der Waals surface area contributed by atoms with Crippen molar-refractivity contribution in [1.29, 1.82) is 0 Å². The maximum absolute atomic E-state index is 10.4. The van der Waals surface area contributed by atoms with Crippen molar-refractivity contribution in [1.82, 2.24) is 15.3 Å². The summed E-state index contributed by atoms with van der Waals surface area (Å²) in [4.78, 5) is 11.1. The summed E-state index contributed by atoms with van der Waals surface area (Å²) in [5.41, 5.74) is 1.16. The molecule has 0 bridgehead atoms. The number of piperazine rings is 1. The third-order valence-electron chi connectivity index (χ3n) is 3.99. The molecular formula is C13H22Cl2N4O. The standard InChI is InChI=1S/C13H20N4O.2ClH/c1-9-7-13(2,18)11-10(9)12(16-8-15-11)17-5-3-14-4-6-17;;/h8-9,14,18H,3-7H2,1-2H3;2*1H/t9-,13?;;/m1../s1. The molecule has 1 fully saturated rings. The van der Waals surface area contributed by atoms with Gasteiger partial charge in [-0.15, -0.1) is 24.8 Å². The average Bonchev–Trinajstić information content (AvgIpc) is 2.61. The minimum Gasteiger partial charge on any atom is -0.384 e. The van der Waals surface area contributed by atoms with Crippen LogP contribution in [0.4, 0.5) is 5.82 Å². The van der Waals surface area contributed by atoms with Crippen molar-refractivity contribution < 1.29 is 5.11 Å². The van der Waals surface area contributed by atoms with Crippen molar-refractivity contribution in [3.63, 3.8) is 0 Å². The van der Waals surface area contributed by atoms with Gasteiger partial charge in [0.1, 0.15) is 17.7 Å². The van der Waals surface area contributed by atoms with E-state index in [1.807, 2.05) is 6.92 Å². The van der Waals surface area contributed by atoms with Gasteiger partial charge in [-0.2, -0.15) is 0 Å². The highest BCUT2D eigenvalue weighted by atomic mass is 35.5. The van der Waals surface area contributed by atoms with Crippen LogP contribution >= 0.6 is 24.8 Å². The van der Waals surface area contributed by atoms with E-state index in [0.29, 0.717) is 5.92 Å². The molecule has 20 heavy (non-hydrogen) atoms. The SMILES string of the molecule is C[C@@H]1CC(C)(O)c2ncnc(N3CCNCC3)c21.Cl.Cl. The fourth-order valence-electron chi connectivity index (χ4n) is 3.19. The van der Waals surface area contributed by atoms with Crippen LogP contribution in [0.2, 0.25) is 0 Å². The topological polar surface area (TPSA) is 61.3 Å². The summed E-state index contributed by atoms with van der Waals surface area (Å²) in [6.07, 6.45) is 2.32. The molecule has 1 unspecified atom stereocenters. The van der Waals surface area contributed by atoms with Crippen LogP contribution in [0.1, 0.15) is 37.4 Å². The summed E-state index contributed by atoms with van der Waals surface area (Å²) in [7, 11) is 0. The van der Waals surface area contributed by atoms with Gasteiger partial charge >= 0.3 is 0 Å². The van der Waals surface area contributed by atoms with Crippen LogP contribution in [0.3, 0.4) is 0 Å². The second-order valence-corrected chi connectivity index (χ2v) is 5.58. The Bertz CT molecular complexity index is 464. The van der Waals surface area contributed by atoms with E-state index in [2.05, 4.69) is 27.1 Å². The molecule has 3 rings (SSSR count). The Hall–Kier alpha value is -0.620. The number of aliphatic hydroxyl groups is 1. The molecule has 2 aliphatic rings. The van der Waals surface area contributed by atoms with Gasteiger partial charge in [-0.1, -0.05) is 6.92 Å². The number of nitrogens with one attached hydrogen (secondary N) is 1. The molecule has 0 aromatic carbocycles. The molecule has 2 atom stereocenters. The Balaban J connectivity index is 0.000001000. The van der Waals surface area contributed by atoms with Crippen molar-refractivity contribution in [2.24, 2.45) is 0 Å². The Morgan fingerprint density at radius 3 is 2.60 bits per heavy atom. The highest BCUT2D eigenvalue weighted by molar-refractivity contribution is 5.85. The molecule has 2 heterocycles. The van der Waals surface area contributed by atoms with E-state index in [4.69, 9.17) is 0 Å². The monoisotopic (exact) mass is 320 g/mol. The smallest absolute Gasteiger partial charge is 0.135 e. The van der Waals surface area contributed by atoms with E-state index < -0.39 is 5.60 Å². The van der Waals surface area contributed by atoms with E-state index in [1.165, 1.54) is 0 Å². The number of hydrogen-bond donors (Lipinski definition) is 2. The molecule has 1 aliphatic carbocycles. The zero-order chi connectivity index (χ0) is 12.8. The lowest BCUT2D eigenvalue weighted by Gasteiger charge is -2.30. The number of halogens is 2. The van der Waals surface area contributed by atoms with Gasteiger partial charge in [0.05, 0.1) is 5.69 Å². The Morgan fingerprint density at radius 2 is 1.95 bits per heavy atom. The molecule has 0 saturated carbocycles. The first-order valence-electron chi connectivity index (χ1n) is 6.63. The van der Waals surface area contributed by atoms with Crippen LogP contribution in [-0.2, 0) is 5.60 Å². The minimum atomic E-state index is -0.805.